The van der Waals surface area contributed by atoms with Gasteiger partial charge < -0.3 is 0 Å². The van der Waals surface area contributed by atoms with Crippen molar-refractivity contribution in [1.82, 2.24) is 4.98 Å². The van der Waals surface area contributed by atoms with E-state index in [4.69, 9.17) is 0 Å². The standard InChI is InChI=1S/C17H18N2OS/c1-11-6-7-15(12(2)9-11)19-16(20)13(3)21-17(19)14-5-4-8-18-10-14/h4-10,13,17H,1-3H3. The van der Waals surface area contributed by atoms with Crippen LogP contribution in [-0.2, 0) is 4.79 Å². The number of nitrogens with zero attached hydrogens (tertiary/aromatic N) is 2. The van der Waals surface area contributed by atoms with E-state index < -0.39 is 0 Å². The van der Waals surface area contributed by atoms with Gasteiger partial charge in [0, 0.05) is 23.6 Å². The highest BCUT2D eigenvalue weighted by Crippen LogP contribution is 2.46. The Morgan fingerprint density at radius 1 is 1.24 bits per heavy atom. The van der Waals surface area contributed by atoms with Crippen molar-refractivity contribution >= 4 is 23.4 Å². The average molecular weight is 298 g/mol. The van der Waals surface area contributed by atoms with E-state index in [9.17, 15) is 4.79 Å². The average Bonchev–Trinajstić information content (AvgIpc) is 2.76. The van der Waals surface area contributed by atoms with Crippen LogP contribution in [0.25, 0.3) is 0 Å². The fourth-order valence-electron chi connectivity index (χ4n) is 2.69. The van der Waals surface area contributed by atoms with Gasteiger partial charge in [0.15, 0.2) is 0 Å². The molecule has 3 nitrogen and oxygen atoms in total. The summed E-state index contributed by atoms with van der Waals surface area (Å²) in [5.74, 6) is 0.167. The third-order valence-corrected chi connectivity index (χ3v) is 5.08. The summed E-state index contributed by atoms with van der Waals surface area (Å²) >= 11 is 1.68. The lowest BCUT2D eigenvalue weighted by Crippen LogP contribution is -2.30. The second-order valence-corrected chi connectivity index (χ2v) is 6.84. The minimum Gasteiger partial charge on any atom is -0.294 e. The molecule has 2 unspecified atom stereocenters. The van der Waals surface area contributed by atoms with Crippen LogP contribution in [0.1, 0.15) is 29.0 Å². The maximum absolute atomic E-state index is 12.6. The highest BCUT2D eigenvalue weighted by atomic mass is 32.2. The molecule has 1 saturated heterocycles. The monoisotopic (exact) mass is 298 g/mol. The molecule has 1 aromatic heterocycles. The lowest BCUT2D eigenvalue weighted by molar-refractivity contribution is -0.117. The number of carbonyl (C=O) groups is 1. The van der Waals surface area contributed by atoms with Crippen LogP contribution in [0.15, 0.2) is 42.7 Å². The highest BCUT2D eigenvalue weighted by molar-refractivity contribution is 8.01. The Hall–Kier alpha value is -1.81. The van der Waals surface area contributed by atoms with Crippen LogP contribution in [0.5, 0.6) is 0 Å². The Kier molecular flexibility index (Phi) is 3.72. The summed E-state index contributed by atoms with van der Waals surface area (Å²) in [5.41, 5.74) is 4.41. The smallest absolute Gasteiger partial charge is 0.241 e. The van der Waals surface area contributed by atoms with Crippen molar-refractivity contribution in [2.75, 3.05) is 4.90 Å². The third-order valence-electron chi connectivity index (χ3n) is 3.73. The Bertz CT molecular complexity index is 672. The molecule has 3 rings (SSSR count). The minimum atomic E-state index is -0.0316. The first-order valence-corrected chi connectivity index (χ1v) is 7.98. The predicted octanol–water partition coefficient (Wildman–Crippen LogP) is 3.87. The van der Waals surface area contributed by atoms with Crippen molar-refractivity contribution in [1.29, 1.82) is 0 Å². The van der Waals surface area contributed by atoms with Crippen molar-refractivity contribution in [3.05, 3.63) is 59.4 Å². The fraction of sp³-hybridized carbons (Fsp3) is 0.294. The van der Waals surface area contributed by atoms with Gasteiger partial charge >= 0.3 is 0 Å². The highest BCUT2D eigenvalue weighted by Gasteiger charge is 2.40. The van der Waals surface area contributed by atoms with Gasteiger partial charge in [-0.2, -0.15) is 0 Å². The summed E-state index contributed by atoms with van der Waals surface area (Å²) in [5, 5.41) is -0.0292. The lowest BCUT2D eigenvalue weighted by Gasteiger charge is -2.25. The topological polar surface area (TPSA) is 33.2 Å². The lowest BCUT2D eigenvalue weighted by atomic mass is 10.1. The molecule has 2 heterocycles. The van der Waals surface area contributed by atoms with Crippen molar-refractivity contribution in [2.45, 2.75) is 31.4 Å². The molecule has 0 aliphatic carbocycles. The molecule has 1 amide bonds. The molecule has 2 aromatic rings. The first-order valence-electron chi connectivity index (χ1n) is 7.03. The number of anilines is 1. The molecule has 0 N–H and O–H groups in total. The van der Waals surface area contributed by atoms with E-state index in [-0.39, 0.29) is 16.5 Å². The molecule has 1 fully saturated rings. The molecule has 1 aromatic carbocycles. The van der Waals surface area contributed by atoms with E-state index in [0.29, 0.717) is 0 Å². The summed E-state index contributed by atoms with van der Waals surface area (Å²) in [6.07, 6.45) is 3.61. The number of carbonyl (C=O) groups excluding carboxylic acids is 1. The molecule has 0 radical (unpaired) electrons. The number of aryl methyl sites for hydroxylation is 2. The molecule has 1 aliphatic heterocycles. The summed E-state index contributed by atoms with van der Waals surface area (Å²) < 4.78 is 0. The summed E-state index contributed by atoms with van der Waals surface area (Å²) in [6, 6.07) is 10.2. The maximum Gasteiger partial charge on any atom is 0.241 e. The molecule has 0 spiro atoms. The molecule has 0 bridgehead atoms. The van der Waals surface area contributed by atoms with Crippen LogP contribution in [0.3, 0.4) is 0 Å². The van der Waals surface area contributed by atoms with E-state index in [1.165, 1.54) is 5.56 Å². The van der Waals surface area contributed by atoms with Gasteiger partial charge in [-0.3, -0.25) is 14.7 Å². The minimum absolute atomic E-state index is 0.00241. The van der Waals surface area contributed by atoms with E-state index >= 15 is 0 Å². The Labute approximate surface area is 129 Å². The van der Waals surface area contributed by atoms with Crippen molar-refractivity contribution in [3.63, 3.8) is 0 Å². The maximum atomic E-state index is 12.6. The fourth-order valence-corrected chi connectivity index (χ4v) is 3.95. The van der Waals surface area contributed by atoms with Gasteiger partial charge in [0.25, 0.3) is 0 Å². The van der Waals surface area contributed by atoms with E-state index in [2.05, 4.69) is 31.0 Å². The number of thioether (sulfide) groups is 1. The summed E-state index contributed by atoms with van der Waals surface area (Å²) in [7, 11) is 0. The molecule has 0 saturated carbocycles. The third kappa shape index (κ3) is 2.56. The predicted molar refractivity (Wildman–Crippen MR) is 87.4 cm³/mol. The second-order valence-electron chi connectivity index (χ2n) is 5.42. The molecule has 1 aliphatic rings. The summed E-state index contributed by atoms with van der Waals surface area (Å²) in [4.78, 5) is 18.7. The molecular formula is C17H18N2OS. The van der Waals surface area contributed by atoms with Gasteiger partial charge in [0.2, 0.25) is 5.91 Å². The first kappa shape index (κ1) is 14.1. The molecular weight excluding hydrogens is 280 g/mol. The normalized spacial score (nSPS) is 21.9. The number of amides is 1. The zero-order valence-electron chi connectivity index (χ0n) is 12.4. The number of benzene rings is 1. The van der Waals surface area contributed by atoms with Crippen LogP contribution in [0.4, 0.5) is 5.69 Å². The van der Waals surface area contributed by atoms with Crippen LogP contribution in [-0.4, -0.2) is 16.1 Å². The van der Waals surface area contributed by atoms with Crippen molar-refractivity contribution < 1.29 is 4.79 Å². The number of aromatic nitrogens is 1. The van der Waals surface area contributed by atoms with E-state index in [1.807, 2.05) is 36.2 Å². The zero-order valence-corrected chi connectivity index (χ0v) is 13.2. The van der Waals surface area contributed by atoms with E-state index in [1.54, 1.807) is 18.0 Å². The number of pyridine rings is 1. The Morgan fingerprint density at radius 3 is 2.71 bits per heavy atom. The SMILES string of the molecule is Cc1ccc(N2C(=O)C(C)SC2c2cccnc2)c(C)c1. The van der Waals surface area contributed by atoms with Gasteiger partial charge in [-0.15, -0.1) is 11.8 Å². The van der Waals surface area contributed by atoms with Crippen molar-refractivity contribution in [3.8, 4) is 0 Å². The molecule has 108 valence electrons. The van der Waals surface area contributed by atoms with Crippen LogP contribution >= 0.6 is 11.8 Å². The first-order chi connectivity index (χ1) is 10.1. The van der Waals surface area contributed by atoms with Crippen molar-refractivity contribution in [2.24, 2.45) is 0 Å². The zero-order chi connectivity index (χ0) is 15.0. The Balaban J connectivity index is 2.06. The number of rotatable bonds is 2. The molecule has 21 heavy (non-hydrogen) atoms. The van der Waals surface area contributed by atoms with Gasteiger partial charge in [-0.05, 0) is 38.5 Å². The van der Waals surface area contributed by atoms with Gasteiger partial charge in [-0.25, -0.2) is 0 Å². The van der Waals surface area contributed by atoms with E-state index in [0.717, 1.165) is 16.8 Å². The number of hydrogen-bond acceptors (Lipinski definition) is 3. The quantitative estimate of drug-likeness (QED) is 0.844. The molecule has 4 heteroatoms. The summed E-state index contributed by atoms with van der Waals surface area (Å²) in [6.45, 7) is 6.10. The number of hydrogen-bond donors (Lipinski definition) is 0. The van der Waals surface area contributed by atoms with Crippen LogP contribution < -0.4 is 4.90 Å². The van der Waals surface area contributed by atoms with Gasteiger partial charge in [0.05, 0.1) is 5.25 Å². The Morgan fingerprint density at radius 2 is 2.05 bits per heavy atom. The van der Waals surface area contributed by atoms with Crippen LogP contribution in [0, 0.1) is 13.8 Å². The second kappa shape index (κ2) is 5.53. The largest absolute Gasteiger partial charge is 0.294 e. The van der Waals surface area contributed by atoms with Gasteiger partial charge in [0.1, 0.15) is 5.37 Å². The van der Waals surface area contributed by atoms with Gasteiger partial charge in [-0.1, -0.05) is 23.8 Å². The molecule has 2 atom stereocenters. The van der Waals surface area contributed by atoms with Crippen LogP contribution in [0.2, 0.25) is 0 Å².